The Kier molecular flexibility index (Phi) is 6.17. The Morgan fingerprint density at radius 3 is 2.60 bits per heavy atom. The maximum atomic E-state index is 12.0. The van der Waals surface area contributed by atoms with E-state index in [4.69, 9.17) is 19.2 Å². The number of fused-ring (bicyclic) bond motifs is 2. The highest BCUT2D eigenvalue weighted by molar-refractivity contribution is 6.22. The van der Waals surface area contributed by atoms with E-state index in [1.807, 2.05) is 18.2 Å². The van der Waals surface area contributed by atoms with Crippen molar-refractivity contribution in [3.63, 3.8) is 0 Å². The van der Waals surface area contributed by atoms with Crippen molar-refractivity contribution < 1.29 is 28.9 Å². The van der Waals surface area contributed by atoms with Crippen LogP contribution in [0.4, 0.5) is 0 Å². The Hall–Kier alpha value is -3.85. The summed E-state index contributed by atoms with van der Waals surface area (Å²) in [6.07, 6.45) is 1.51. The zero-order chi connectivity index (χ0) is 24.5. The average molecular weight is 478 g/mol. The fraction of sp³-hybridized carbons (Fsp3) is 0.346. The van der Waals surface area contributed by atoms with Crippen LogP contribution in [0.1, 0.15) is 41.3 Å². The number of aromatic amines is 1. The van der Waals surface area contributed by atoms with Gasteiger partial charge in [0, 0.05) is 35.1 Å². The van der Waals surface area contributed by atoms with Crippen LogP contribution in [0.2, 0.25) is 0 Å². The number of esters is 1. The number of nitrogens with one attached hydrogen (secondary N) is 1. The smallest absolute Gasteiger partial charge is 0.319 e. The summed E-state index contributed by atoms with van der Waals surface area (Å²) in [5.74, 6) is 0.953. The third-order valence-corrected chi connectivity index (χ3v) is 6.52. The molecule has 1 saturated heterocycles. The molecular weight excluding hydrogens is 450 g/mol. The lowest BCUT2D eigenvalue weighted by Gasteiger charge is -2.29. The van der Waals surface area contributed by atoms with Crippen LogP contribution in [0, 0.1) is 0 Å². The summed E-state index contributed by atoms with van der Waals surface area (Å²) in [5.41, 5.74) is 3.19. The van der Waals surface area contributed by atoms with Crippen LogP contribution < -0.4 is 9.47 Å². The standard InChI is InChI=1S/C26H27N3O6/c1-15(30)16-3-5-20-19(11-16)24(26(32)28-20)25(17-4-6-21-22(12-17)35-14-34-21)27-18-7-9-29(10-8-18)13-23(31)33-2/h3-6,11-12,18,28,32H,7-10,13-14H2,1-2H3. The number of carbonyl (C=O) groups excluding carboxylic acids is 2. The molecule has 0 bridgehead atoms. The molecule has 3 aromatic rings. The van der Waals surface area contributed by atoms with E-state index < -0.39 is 0 Å². The van der Waals surface area contributed by atoms with Crippen LogP contribution in [-0.4, -0.2) is 72.0 Å². The molecule has 2 aromatic carbocycles. The molecule has 0 radical (unpaired) electrons. The van der Waals surface area contributed by atoms with Crippen molar-refractivity contribution in [2.75, 3.05) is 33.5 Å². The minimum Gasteiger partial charge on any atom is -0.494 e. The topological polar surface area (TPSA) is 113 Å². The van der Waals surface area contributed by atoms with Crippen molar-refractivity contribution in [2.24, 2.45) is 4.99 Å². The van der Waals surface area contributed by atoms with Gasteiger partial charge in [-0.1, -0.05) is 0 Å². The number of aromatic hydroxyl groups is 1. The highest BCUT2D eigenvalue weighted by atomic mass is 16.7. The first-order chi connectivity index (χ1) is 16.9. The molecule has 0 spiro atoms. The van der Waals surface area contributed by atoms with E-state index in [2.05, 4.69) is 9.88 Å². The van der Waals surface area contributed by atoms with Crippen LogP contribution in [0.15, 0.2) is 41.4 Å². The summed E-state index contributed by atoms with van der Waals surface area (Å²) < 4.78 is 15.8. The SMILES string of the molecule is COC(=O)CN1CCC(N=C(c2ccc3c(c2)OCO3)c2c(O)[nH]c3ccc(C(C)=O)cc23)CC1. The molecule has 35 heavy (non-hydrogen) atoms. The van der Waals surface area contributed by atoms with Gasteiger partial charge in [0.05, 0.1) is 31.0 Å². The highest BCUT2D eigenvalue weighted by Gasteiger charge is 2.26. The lowest BCUT2D eigenvalue weighted by atomic mass is 9.97. The van der Waals surface area contributed by atoms with Gasteiger partial charge in [-0.3, -0.25) is 19.5 Å². The maximum absolute atomic E-state index is 12.0. The monoisotopic (exact) mass is 477 g/mol. The number of nitrogens with zero attached hydrogens (tertiary/aromatic N) is 2. The van der Waals surface area contributed by atoms with E-state index in [-0.39, 0.29) is 37.0 Å². The van der Waals surface area contributed by atoms with Gasteiger partial charge in [0.25, 0.3) is 0 Å². The minimum atomic E-state index is -0.252. The minimum absolute atomic E-state index is 0.00957. The highest BCUT2D eigenvalue weighted by Crippen LogP contribution is 2.36. The van der Waals surface area contributed by atoms with Crippen molar-refractivity contribution >= 4 is 28.4 Å². The number of methoxy groups -OCH3 is 1. The van der Waals surface area contributed by atoms with E-state index >= 15 is 0 Å². The fourth-order valence-corrected chi connectivity index (χ4v) is 4.60. The van der Waals surface area contributed by atoms with E-state index in [1.54, 1.807) is 18.2 Å². The van der Waals surface area contributed by atoms with Crippen molar-refractivity contribution in [3.8, 4) is 17.4 Å². The van der Waals surface area contributed by atoms with Crippen LogP contribution >= 0.6 is 0 Å². The largest absolute Gasteiger partial charge is 0.494 e. The van der Waals surface area contributed by atoms with Gasteiger partial charge in [-0.15, -0.1) is 0 Å². The zero-order valence-electron chi connectivity index (χ0n) is 19.7. The molecule has 2 aliphatic heterocycles. The number of H-pyrrole nitrogens is 1. The summed E-state index contributed by atoms with van der Waals surface area (Å²) in [7, 11) is 1.39. The lowest BCUT2D eigenvalue weighted by molar-refractivity contribution is -0.142. The molecule has 1 aromatic heterocycles. The molecule has 2 N–H and O–H groups in total. The third kappa shape index (κ3) is 4.59. The molecule has 1 fully saturated rings. The third-order valence-electron chi connectivity index (χ3n) is 6.52. The first-order valence-corrected chi connectivity index (χ1v) is 11.6. The normalized spacial score (nSPS) is 16.6. The number of aliphatic imine (C=N–C) groups is 1. The van der Waals surface area contributed by atoms with Crippen LogP contribution in [0.5, 0.6) is 17.4 Å². The average Bonchev–Trinajstić information content (AvgIpc) is 3.46. The van der Waals surface area contributed by atoms with Gasteiger partial charge < -0.3 is 24.3 Å². The summed E-state index contributed by atoms with van der Waals surface area (Å²) in [4.78, 5) is 33.9. The summed E-state index contributed by atoms with van der Waals surface area (Å²) in [6, 6.07) is 10.9. The first kappa shape index (κ1) is 22.9. The molecular formula is C26H27N3O6. The maximum Gasteiger partial charge on any atom is 0.319 e. The number of benzene rings is 2. The summed E-state index contributed by atoms with van der Waals surface area (Å²) in [6.45, 7) is 3.36. The van der Waals surface area contributed by atoms with Crippen molar-refractivity contribution in [2.45, 2.75) is 25.8 Å². The predicted octanol–water partition coefficient (Wildman–Crippen LogP) is 3.28. The molecule has 5 rings (SSSR count). The van der Waals surface area contributed by atoms with Gasteiger partial charge >= 0.3 is 5.97 Å². The zero-order valence-corrected chi connectivity index (χ0v) is 19.7. The number of aromatic nitrogens is 1. The molecule has 3 heterocycles. The lowest BCUT2D eigenvalue weighted by Crippen LogP contribution is -2.39. The van der Waals surface area contributed by atoms with Gasteiger partial charge in [-0.05, 0) is 56.2 Å². The van der Waals surface area contributed by atoms with Gasteiger partial charge in [0.2, 0.25) is 6.79 Å². The van der Waals surface area contributed by atoms with Crippen LogP contribution in [0.3, 0.4) is 0 Å². The second-order valence-corrected chi connectivity index (χ2v) is 8.79. The number of hydrogen-bond donors (Lipinski definition) is 2. The molecule has 9 nitrogen and oxygen atoms in total. The molecule has 0 atom stereocenters. The Morgan fingerprint density at radius 2 is 1.86 bits per heavy atom. The van der Waals surface area contributed by atoms with Crippen molar-refractivity contribution in [1.29, 1.82) is 0 Å². The van der Waals surface area contributed by atoms with E-state index in [1.165, 1.54) is 14.0 Å². The van der Waals surface area contributed by atoms with Gasteiger partial charge in [0.15, 0.2) is 23.2 Å². The number of piperidine rings is 1. The number of carbonyl (C=O) groups is 2. The Morgan fingerprint density at radius 1 is 1.11 bits per heavy atom. The van der Waals surface area contributed by atoms with E-state index in [0.29, 0.717) is 46.9 Å². The molecule has 2 aliphatic rings. The van der Waals surface area contributed by atoms with Gasteiger partial charge in [-0.2, -0.15) is 0 Å². The van der Waals surface area contributed by atoms with Crippen LogP contribution in [0.25, 0.3) is 10.9 Å². The Labute approximate surface area is 202 Å². The quantitative estimate of drug-likeness (QED) is 0.318. The molecule has 0 aliphatic carbocycles. The van der Waals surface area contributed by atoms with Crippen molar-refractivity contribution in [3.05, 3.63) is 53.1 Å². The summed E-state index contributed by atoms with van der Waals surface area (Å²) in [5, 5.41) is 11.7. The number of likely N-dealkylation sites (tertiary alicyclic amines) is 1. The molecule has 0 saturated carbocycles. The molecule has 0 amide bonds. The van der Waals surface area contributed by atoms with Crippen molar-refractivity contribution in [1.82, 2.24) is 9.88 Å². The fourth-order valence-electron chi connectivity index (χ4n) is 4.60. The first-order valence-electron chi connectivity index (χ1n) is 11.6. The number of ketones is 1. The van der Waals surface area contributed by atoms with E-state index in [9.17, 15) is 14.7 Å². The van der Waals surface area contributed by atoms with Gasteiger partial charge in [0.1, 0.15) is 0 Å². The second-order valence-electron chi connectivity index (χ2n) is 8.79. The Bertz CT molecular complexity index is 1320. The second kappa shape index (κ2) is 9.42. The van der Waals surface area contributed by atoms with Gasteiger partial charge in [-0.25, -0.2) is 0 Å². The number of ether oxygens (including phenoxy) is 3. The number of hydrogen-bond acceptors (Lipinski definition) is 8. The number of Topliss-reactive ketones (excluding diaryl/α,β-unsaturated/α-hetero) is 1. The van der Waals surface area contributed by atoms with E-state index in [0.717, 1.165) is 23.8 Å². The predicted molar refractivity (Wildman–Crippen MR) is 130 cm³/mol. The molecule has 182 valence electrons. The molecule has 9 heteroatoms. The molecule has 0 unspecified atom stereocenters. The summed E-state index contributed by atoms with van der Waals surface area (Å²) >= 11 is 0. The number of rotatable bonds is 6. The Balaban J connectivity index is 1.56. The van der Waals surface area contributed by atoms with Crippen LogP contribution in [-0.2, 0) is 9.53 Å².